The third kappa shape index (κ3) is 6.34. The number of benzene rings is 1. The highest BCUT2D eigenvalue weighted by molar-refractivity contribution is 6.19. The maximum Gasteiger partial charge on any atom is 0.240 e. The van der Waals surface area contributed by atoms with Crippen LogP contribution in [0.2, 0.25) is 0 Å². The first-order valence-electron chi connectivity index (χ1n) is 13.5. The highest BCUT2D eigenvalue weighted by Crippen LogP contribution is 2.36. The lowest BCUT2D eigenvalue weighted by Crippen LogP contribution is -2.49. The van der Waals surface area contributed by atoms with Gasteiger partial charge in [0.15, 0.2) is 0 Å². The molecule has 0 bridgehead atoms. The fourth-order valence-corrected chi connectivity index (χ4v) is 5.82. The number of nitrogens with one attached hydrogen (secondary N) is 1. The van der Waals surface area contributed by atoms with E-state index in [2.05, 4.69) is 66.4 Å². The number of nitrogens with zero attached hydrogens (tertiary/aromatic N) is 5. The van der Waals surface area contributed by atoms with Crippen molar-refractivity contribution in [2.45, 2.75) is 50.4 Å². The Hall–Kier alpha value is -2.46. The van der Waals surface area contributed by atoms with Gasteiger partial charge in [-0.05, 0) is 55.0 Å². The monoisotopic (exact) mass is 526 g/mol. The lowest BCUT2D eigenvalue weighted by molar-refractivity contribution is -0.122. The van der Waals surface area contributed by atoms with Crippen LogP contribution in [0.15, 0.2) is 41.1 Å². The van der Waals surface area contributed by atoms with Gasteiger partial charge in [0, 0.05) is 51.0 Å². The number of carbonyl (C=O) groups is 1. The molecule has 4 heterocycles. The maximum absolute atomic E-state index is 12.1. The Bertz CT molecular complexity index is 1200. The maximum atomic E-state index is 12.1. The van der Waals surface area contributed by atoms with Gasteiger partial charge in [-0.25, -0.2) is 0 Å². The highest BCUT2D eigenvalue weighted by atomic mass is 35.5. The number of rotatable bonds is 9. The quantitative estimate of drug-likeness (QED) is 0.427. The van der Waals surface area contributed by atoms with Gasteiger partial charge in [0.1, 0.15) is 11.7 Å². The van der Waals surface area contributed by atoms with E-state index >= 15 is 0 Å². The minimum atomic E-state index is -0.373. The Morgan fingerprint density at radius 3 is 2.70 bits per heavy atom. The fourth-order valence-electron chi connectivity index (χ4n) is 5.44. The van der Waals surface area contributed by atoms with Crippen molar-refractivity contribution in [2.24, 2.45) is 11.8 Å². The molecule has 3 unspecified atom stereocenters. The number of carbonyl (C=O) groups excluding carboxylic acids is 1. The van der Waals surface area contributed by atoms with Crippen molar-refractivity contribution in [3.8, 4) is 0 Å². The molecule has 1 amide bonds. The molecule has 3 aromatic rings. The average molecular weight is 527 g/mol. The lowest BCUT2D eigenvalue weighted by atomic mass is 9.95. The van der Waals surface area contributed by atoms with Crippen molar-refractivity contribution in [1.29, 1.82) is 0 Å². The Balaban J connectivity index is 0.993. The van der Waals surface area contributed by atoms with Gasteiger partial charge in [-0.15, -0.1) is 0 Å². The molecule has 10 heteroatoms. The molecule has 2 saturated heterocycles. The van der Waals surface area contributed by atoms with E-state index in [-0.39, 0.29) is 17.6 Å². The Labute approximate surface area is 222 Å². The molecule has 37 heavy (non-hydrogen) atoms. The number of para-hydroxylation sites is 1. The summed E-state index contributed by atoms with van der Waals surface area (Å²) in [6.07, 6.45) is 5.97. The van der Waals surface area contributed by atoms with Crippen molar-refractivity contribution in [3.05, 3.63) is 48.2 Å². The fraction of sp³-hybridized carbons (Fsp3) is 0.593. The first-order valence-corrected chi connectivity index (χ1v) is 13.9. The molecular weight excluding hydrogens is 492 g/mol. The molecule has 6 rings (SSSR count). The summed E-state index contributed by atoms with van der Waals surface area (Å²) < 4.78 is 13.9. The van der Waals surface area contributed by atoms with Crippen LogP contribution in [0.4, 0.5) is 0 Å². The molecule has 3 fully saturated rings. The molecule has 1 saturated carbocycles. The molecular formula is C27H35ClN6O3. The van der Waals surface area contributed by atoms with Crippen LogP contribution >= 0.6 is 11.6 Å². The van der Waals surface area contributed by atoms with Crippen LogP contribution in [0.5, 0.6) is 0 Å². The normalized spacial score (nSPS) is 25.5. The molecule has 3 aliphatic rings. The number of halogens is 1. The average Bonchev–Trinajstić information content (AvgIpc) is 3.47. The largest absolute Gasteiger partial charge is 0.355 e. The van der Waals surface area contributed by atoms with Crippen molar-refractivity contribution < 1.29 is 14.1 Å². The van der Waals surface area contributed by atoms with Crippen LogP contribution in [0, 0.1) is 11.8 Å². The number of piperazine rings is 1. The summed E-state index contributed by atoms with van der Waals surface area (Å²) in [6, 6.07) is 10.6. The number of amides is 1. The molecule has 2 aromatic heterocycles. The zero-order valence-electron chi connectivity index (χ0n) is 21.1. The number of aromatic nitrogens is 3. The number of alkyl halides is 1. The second-order valence-electron chi connectivity index (χ2n) is 10.7. The minimum Gasteiger partial charge on any atom is -0.355 e. The summed E-state index contributed by atoms with van der Waals surface area (Å²) in [7, 11) is 0. The first-order chi connectivity index (χ1) is 18.1. The van der Waals surface area contributed by atoms with Crippen LogP contribution < -0.4 is 5.32 Å². The van der Waals surface area contributed by atoms with Crippen LogP contribution in [-0.2, 0) is 22.6 Å². The van der Waals surface area contributed by atoms with Crippen molar-refractivity contribution in [2.75, 3.05) is 39.3 Å². The van der Waals surface area contributed by atoms with E-state index in [4.69, 9.17) is 20.9 Å². The number of fused-ring (bicyclic) bond motifs is 1. The summed E-state index contributed by atoms with van der Waals surface area (Å²) in [5.41, 5.74) is 0.861. The number of ether oxygens (including phenoxy) is 1. The molecule has 1 aliphatic carbocycles. The Morgan fingerprint density at radius 2 is 1.86 bits per heavy atom. The van der Waals surface area contributed by atoms with Crippen LogP contribution in [0.3, 0.4) is 0 Å². The zero-order valence-corrected chi connectivity index (χ0v) is 21.9. The molecule has 198 valence electrons. The predicted octanol–water partition coefficient (Wildman–Crippen LogP) is 3.40. The number of hydrogen-bond donors (Lipinski definition) is 1. The predicted molar refractivity (Wildman–Crippen MR) is 140 cm³/mol. The highest BCUT2D eigenvalue weighted by Gasteiger charge is 2.33. The lowest BCUT2D eigenvalue weighted by Gasteiger charge is -2.33. The van der Waals surface area contributed by atoms with Gasteiger partial charge in [0.2, 0.25) is 17.6 Å². The molecule has 1 N–H and O–H groups in total. The molecule has 1 aromatic carbocycles. The van der Waals surface area contributed by atoms with Crippen molar-refractivity contribution in [1.82, 2.24) is 29.8 Å². The molecule has 0 spiro atoms. The second-order valence-corrected chi connectivity index (χ2v) is 11.2. The van der Waals surface area contributed by atoms with Crippen LogP contribution in [0.25, 0.3) is 10.9 Å². The standard InChI is InChI=1S/C27H35ClN6O3/c28-24-14-20(16-34-8-7-21-3-1-2-4-22(21)34)13-23(36-24)27-30-26(37-31-27)18-33-11-9-32(10-12-33)17-25(35)29-15-19-5-6-19/h1-4,7-8,19-20,23-24H,5-6,9-18H2,(H,29,35). The van der Waals surface area contributed by atoms with E-state index in [1.807, 2.05) is 0 Å². The van der Waals surface area contributed by atoms with Crippen molar-refractivity contribution in [3.63, 3.8) is 0 Å². The van der Waals surface area contributed by atoms with Gasteiger partial charge in [0.05, 0.1) is 13.1 Å². The zero-order chi connectivity index (χ0) is 25.2. The smallest absolute Gasteiger partial charge is 0.240 e. The molecule has 0 radical (unpaired) electrons. The van der Waals surface area contributed by atoms with E-state index < -0.39 is 0 Å². The SMILES string of the molecule is O=C(CN1CCN(Cc2nc(C3CC(Cn4ccc5ccccc54)CC(Cl)O3)no2)CC1)NCC1CC1. The van der Waals surface area contributed by atoms with Crippen LogP contribution in [0.1, 0.15) is 43.5 Å². The van der Waals surface area contributed by atoms with Crippen LogP contribution in [-0.4, -0.2) is 75.2 Å². The van der Waals surface area contributed by atoms with Gasteiger partial charge >= 0.3 is 0 Å². The van der Waals surface area contributed by atoms with Gasteiger partial charge in [-0.3, -0.25) is 14.6 Å². The summed E-state index contributed by atoms with van der Waals surface area (Å²) in [5.74, 6) is 2.37. The van der Waals surface area contributed by atoms with E-state index in [0.717, 1.165) is 52.1 Å². The van der Waals surface area contributed by atoms with E-state index in [1.54, 1.807) is 0 Å². The summed E-state index contributed by atoms with van der Waals surface area (Å²) >= 11 is 6.51. The first kappa shape index (κ1) is 24.9. The molecule has 3 atom stereocenters. The van der Waals surface area contributed by atoms with Crippen molar-refractivity contribution >= 4 is 28.4 Å². The molecule has 9 nitrogen and oxygen atoms in total. The summed E-state index contributed by atoms with van der Waals surface area (Å²) in [5, 5.41) is 8.55. The topological polar surface area (TPSA) is 88.7 Å². The third-order valence-electron chi connectivity index (χ3n) is 7.76. The Kier molecular flexibility index (Phi) is 7.46. The van der Waals surface area contributed by atoms with Gasteiger partial charge in [0.25, 0.3) is 0 Å². The summed E-state index contributed by atoms with van der Waals surface area (Å²) in [6.45, 7) is 6.23. The summed E-state index contributed by atoms with van der Waals surface area (Å²) in [4.78, 5) is 21.3. The van der Waals surface area contributed by atoms with E-state index in [0.29, 0.717) is 36.6 Å². The van der Waals surface area contributed by atoms with Gasteiger partial charge < -0.3 is 19.1 Å². The van der Waals surface area contributed by atoms with Gasteiger partial charge in [-0.1, -0.05) is 35.0 Å². The minimum absolute atomic E-state index is 0.134. The third-order valence-corrected chi connectivity index (χ3v) is 8.04. The van der Waals surface area contributed by atoms with Gasteiger partial charge in [-0.2, -0.15) is 4.98 Å². The number of hydrogen-bond acceptors (Lipinski definition) is 7. The molecule has 2 aliphatic heterocycles. The van der Waals surface area contributed by atoms with E-state index in [9.17, 15) is 4.79 Å². The second kappa shape index (κ2) is 11.1. The van der Waals surface area contributed by atoms with E-state index in [1.165, 1.54) is 23.7 Å². The Morgan fingerprint density at radius 1 is 1.05 bits per heavy atom.